The minimum absolute atomic E-state index is 0.277. The molecule has 0 amide bonds. The van der Waals surface area contributed by atoms with Crippen LogP contribution < -0.4 is 5.32 Å². The number of nitrogens with one attached hydrogen (secondary N) is 2. The van der Waals surface area contributed by atoms with Gasteiger partial charge in [-0.3, -0.25) is 4.57 Å². The van der Waals surface area contributed by atoms with Crippen molar-refractivity contribution in [1.29, 1.82) is 0 Å². The van der Waals surface area contributed by atoms with E-state index in [2.05, 4.69) is 10.3 Å². The summed E-state index contributed by atoms with van der Waals surface area (Å²) in [7, 11) is -4.50. The molecule has 0 aliphatic rings. The average molecular weight is 374 g/mol. The molecule has 0 radical (unpaired) electrons. The first-order valence-corrected chi connectivity index (χ1v) is 9.73. The summed E-state index contributed by atoms with van der Waals surface area (Å²) < 4.78 is 17.0. The van der Waals surface area contributed by atoms with Gasteiger partial charge in [0.15, 0.2) is 5.78 Å². The molecule has 0 aliphatic heterocycles. The number of esters is 1. The highest BCUT2D eigenvalue weighted by molar-refractivity contribution is 7.52. The smallest absolute Gasteiger partial charge is 0.352 e. The molecule has 0 saturated heterocycles. The first kappa shape index (κ1) is 18.2. The van der Waals surface area contributed by atoms with Crippen LogP contribution in [0.15, 0.2) is 54.7 Å². The van der Waals surface area contributed by atoms with E-state index in [1.165, 1.54) is 0 Å². The van der Waals surface area contributed by atoms with Gasteiger partial charge < -0.3 is 24.8 Å². The number of ether oxygens (including phenoxy) is 1. The van der Waals surface area contributed by atoms with Gasteiger partial charge in [0, 0.05) is 28.4 Å². The summed E-state index contributed by atoms with van der Waals surface area (Å²) in [4.78, 5) is 34.4. The molecule has 0 spiro atoms. The lowest BCUT2D eigenvalue weighted by Gasteiger charge is -2.21. The van der Waals surface area contributed by atoms with Crippen molar-refractivity contribution in [3.63, 3.8) is 0 Å². The molecule has 0 bridgehead atoms. The van der Waals surface area contributed by atoms with Crippen LogP contribution in [0.1, 0.15) is 28.6 Å². The van der Waals surface area contributed by atoms with Gasteiger partial charge in [0.1, 0.15) is 0 Å². The van der Waals surface area contributed by atoms with Crippen LogP contribution in [-0.4, -0.2) is 27.3 Å². The molecule has 4 N–H and O–H groups in total. The second-order valence-corrected chi connectivity index (χ2v) is 7.42. The third-order valence-electron chi connectivity index (χ3n) is 3.95. The maximum atomic E-state index is 12.1. The molecule has 3 aromatic rings. The van der Waals surface area contributed by atoms with Gasteiger partial charge in [-0.1, -0.05) is 18.2 Å². The molecule has 1 heterocycles. The van der Waals surface area contributed by atoms with Crippen LogP contribution in [0.5, 0.6) is 0 Å². The van der Waals surface area contributed by atoms with Crippen molar-refractivity contribution >= 4 is 30.2 Å². The fraction of sp³-hybridized carbons (Fsp3) is 0.167. The first-order chi connectivity index (χ1) is 12.4. The van der Waals surface area contributed by atoms with E-state index >= 15 is 0 Å². The van der Waals surface area contributed by atoms with Crippen molar-refractivity contribution in [1.82, 2.24) is 4.98 Å². The number of hydrogen-bond acceptors (Lipinski definition) is 4. The summed E-state index contributed by atoms with van der Waals surface area (Å²) in [6, 6.07) is 13.6. The number of rotatable bonds is 6. The van der Waals surface area contributed by atoms with E-state index in [4.69, 9.17) is 4.74 Å². The number of hydrogen-bond donors (Lipinski definition) is 4. The van der Waals surface area contributed by atoms with Gasteiger partial charge >= 0.3 is 13.6 Å². The third kappa shape index (κ3) is 3.80. The second-order valence-electron chi connectivity index (χ2n) is 5.72. The Labute approximate surface area is 150 Å². The zero-order chi connectivity index (χ0) is 18.7. The van der Waals surface area contributed by atoms with E-state index < -0.39 is 19.3 Å². The predicted molar refractivity (Wildman–Crippen MR) is 99.1 cm³/mol. The summed E-state index contributed by atoms with van der Waals surface area (Å²) >= 11 is 0. The van der Waals surface area contributed by atoms with Gasteiger partial charge in [-0.05, 0) is 37.3 Å². The molecule has 8 heteroatoms. The van der Waals surface area contributed by atoms with Crippen molar-refractivity contribution in [2.24, 2.45) is 0 Å². The fourth-order valence-corrected chi connectivity index (χ4v) is 3.63. The molecular formula is C18H19N2O5P. The quantitative estimate of drug-likeness (QED) is 0.387. The summed E-state index contributed by atoms with van der Waals surface area (Å²) in [5.74, 6) is -1.66. The van der Waals surface area contributed by atoms with Crippen LogP contribution >= 0.6 is 7.60 Å². The standard InChI is InChI=1S/C18H19N2O5P/c1-2-25-18(21)12-7-9-13(10-8-12)20-17(26(22,23)24)15-11-19-16-6-4-3-5-14(15)16/h3-11,17,19-20H,2H2,1H3,(H2,22,23,24). The molecular weight excluding hydrogens is 355 g/mol. The number of aromatic amines is 1. The lowest BCUT2D eigenvalue weighted by atomic mass is 10.1. The number of benzene rings is 2. The van der Waals surface area contributed by atoms with Gasteiger partial charge in [0.25, 0.3) is 0 Å². The molecule has 1 atom stereocenters. The Morgan fingerprint density at radius 2 is 1.88 bits per heavy atom. The van der Waals surface area contributed by atoms with E-state index in [1.54, 1.807) is 43.5 Å². The molecule has 1 unspecified atom stereocenters. The largest absolute Gasteiger partial charge is 0.462 e. The Balaban J connectivity index is 1.91. The number of anilines is 1. The SMILES string of the molecule is CCOC(=O)c1ccc(NC(c2c[nH]c3ccccc23)P(=O)(O)O)cc1. The van der Waals surface area contributed by atoms with Crippen molar-refractivity contribution in [3.8, 4) is 0 Å². The number of para-hydroxylation sites is 1. The number of H-pyrrole nitrogens is 1. The normalized spacial score (nSPS) is 12.7. The van der Waals surface area contributed by atoms with Crippen molar-refractivity contribution in [2.75, 3.05) is 11.9 Å². The molecule has 3 rings (SSSR count). The molecule has 0 aliphatic carbocycles. The van der Waals surface area contributed by atoms with Crippen LogP contribution in [-0.2, 0) is 9.30 Å². The highest BCUT2D eigenvalue weighted by atomic mass is 31.2. The Hall–Kier alpha value is -2.60. The van der Waals surface area contributed by atoms with E-state index in [-0.39, 0.29) is 6.61 Å². The predicted octanol–water partition coefficient (Wildman–Crippen LogP) is 3.63. The van der Waals surface area contributed by atoms with Crippen molar-refractivity contribution in [2.45, 2.75) is 12.7 Å². The van der Waals surface area contributed by atoms with Crippen molar-refractivity contribution < 1.29 is 23.9 Å². The van der Waals surface area contributed by atoms with Crippen LogP contribution in [0.2, 0.25) is 0 Å². The zero-order valence-electron chi connectivity index (χ0n) is 14.0. The highest BCUT2D eigenvalue weighted by Gasteiger charge is 2.32. The van der Waals surface area contributed by atoms with Crippen LogP contribution in [0.4, 0.5) is 5.69 Å². The summed E-state index contributed by atoms with van der Waals surface area (Å²) in [5.41, 5.74) is 2.12. The first-order valence-electron chi connectivity index (χ1n) is 8.05. The molecule has 1 aromatic heterocycles. The van der Waals surface area contributed by atoms with E-state index in [0.29, 0.717) is 16.8 Å². The zero-order valence-corrected chi connectivity index (χ0v) is 14.9. The molecule has 26 heavy (non-hydrogen) atoms. The van der Waals surface area contributed by atoms with Gasteiger partial charge in [-0.15, -0.1) is 0 Å². The maximum absolute atomic E-state index is 12.1. The van der Waals surface area contributed by atoms with Gasteiger partial charge in [-0.2, -0.15) is 0 Å². The Kier molecular flexibility index (Phi) is 5.13. The van der Waals surface area contributed by atoms with Crippen molar-refractivity contribution in [3.05, 3.63) is 65.9 Å². The molecule has 7 nitrogen and oxygen atoms in total. The minimum atomic E-state index is -4.50. The fourth-order valence-electron chi connectivity index (χ4n) is 2.74. The van der Waals surface area contributed by atoms with Gasteiger partial charge in [0.05, 0.1) is 12.2 Å². The average Bonchev–Trinajstić information content (AvgIpc) is 3.03. The highest BCUT2D eigenvalue weighted by Crippen LogP contribution is 2.53. The molecule has 0 saturated carbocycles. The number of carbonyl (C=O) groups is 1. The number of fused-ring (bicyclic) bond motifs is 1. The summed E-state index contributed by atoms with van der Waals surface area (Å²) in [5, 5.41) is 3.61. The van der Waals surface area contributed by atoms with E-state index in [9.17, 15) is 19.1 Å². The number of carbonyl (C=O) groups excluding carboxylic acids is 1. The maximum Gasteiger partial charge on any atom is 0.352 e. The van der Waals surface area contributed by atoms with Gasteiger partial charge in [0.2, 0.25) is 0 Å². The van der Waals surface area contributed by atoms with E-state index in [1.807, 2.05) is 18.2 Å². The van der Waals surface area contributed by atoms with Gasteiger partial charge in [-0.25, -0.2) is 4.79 Å². The Bertz CT molecular complexity index is 961. The Morgan fingerprint density at radius 3 is 2.54 bits per heavy atom. The van der Waals surface area contributed by atoms with E-state index in [0.717, 1.165) is 10.9 Å². The number of aromatic nitrogens is 1. The monoisotopic (exact) mass is 374 g/mol. The topological polar surface area (TPSA) is 112 Å². The lowest BCUT2D eigenvalue weighted by Crippen LogP contribution is -2.11. The molecule has 136 valence electrons. The van der Waals surface area contributed by atoms with Crippen LogP contribution in [0.3, 0.4) is 0 Å². The summed E-state index contributed by atoms with van der Waals surface area (Å²) in [6.07, 6.45) is 1.59. The molecule has 0 fully saturated rings. The van der Waals surface area contributed by atoms with Crippen LogP contribution in [0, 0.1) is 0 Å². The minimum Gasteiger partial charge on any atom is -0.462 e. The second kappa shape index (κ2) is 7.33. The third-order valence-corrected chi connectivity index (χ3v) is 5.03. The van der Waals surface area contributed by atoms with Crippen LogP contribution in [0.25, 0.3) is 10.9 Å². The Morgan fingerprint density at radius 1 is 1.19 bits per heavy atom. The molecule has 2 aromatic carbocycles. The lowest BCUT2D eigenvalue weighted by molar-refractivity contribution is 0.0526. The summed E-state index contributed by atoms with van der Waals surface area (Å²) in [6.45, 7) is 2.00.